The first-order chi connectivity index (χ1) is 18.2. The van der Waals surface area contributed by atoms with Crippen molar-refractivity contribution in [3.8, 4) is 23.6 Å². The standard InChI is InChI=1S/C25H27ClF3N7O3/c1-6-10-35-13-17(20(33-35)25(27,28)29)19-12-31-21(34(19)5)22(37)32-15-8-9-16(18(26)11-15)23(38)36(7-2)39-14-24(3,4)30/h1,8-9,11-13H,7,10,14,30H2,2-5H3,(H,32,37). The highest BCUT2D eigenvalue weighted by atomic mass is 35.5. The summed E-state index contributed by atoms with van der Waals surface area (Å²) in [6.07, 6.45) is 2.73. The number of benzene rings is 1. The number of nitrogens with one attached hydrogen (secondary N) is 1. The summed E-state index contributed by atoms with van der Waals surface area (Å²) in [7, 11) is 1.40. The number of anilines is 1. The lowest BCUT2D eigenvalue weighted by Gasteiger charge is -2.25. The van der Waals surface area contributed by atoms with E-state index in [1.54, 1.807) is 20.8 Å². The van der Waals surface area contributed by atoms with Crippen molar-refractivity contribution in [1.29, 1.82) is 0 Å². The largest absolute Gasteiger partial charge is 0.435 e. The van der Waals surface area contributed by atoms with Crippen molar-refractivity contribution in [3.05, 3.63) is 52.7 Å². The summed E-state index contributed by atoms with van der Waals surface area (Å²) in [6.45, 7) is 5.40. The van der Waals surface area contributed by atoms with E-state index in [0.29, 0.717) is 0 Å². The number of halogens is 4. The van der Waals surface area contributed by atoms with Crippen LogP contribution >= 0.6 is 11.6 Å². The van der Waals surface area contributed by atoms with Crippen LogP contribution in [-0.2, 0) is 24.6 Å². The van der Waals surface area contributed by atoms with Crippen LogP contribution in [0.5, 0.6) is 0 Å². The van der Waals surface area contributed by atoms with Crippen LogP contribution in [-0.4, -0.2) is 54.9 Å². The van der Waals surface area contributed by atoms with Gasteiger partial charge >= 0.3 is 6.18 Å². The first-order valence-corrected chi connectivity index (χ1v) is 12.0. The molecule has 2 heterocycles. The van der Waals surface area contributed by atoms with Gasteiger partial charge in [0.25, 0.3) is 11.8 Å². The number of hydrogen-bond donors (Lipinski definition) is 2. The van der Waals surface area contributed by atoms with Gasteiger partial charge in [0.15, 0.2) is 11.5 Å². The molecule has 2 aromatic heterocycles. The van der Waals surface area contributed by atoms with E-state index < -0.39 is 29.2 Å². The number of rotatable bonds is 9. The third kappa shape index (κ3) is 6.97. The van der Waals surface area contributed by atoms with Gasteiger partial charge < -0.3 is 15.6 Å². The van der Waals surface area contributed by atoms with E-state index in [0.717, 1.165) is 22.1 Å². The van der Waals surface area contributed by atoms with Gasteiger partial charge in [-0.1, -0.05) is 17.5 Å². The minimum absolute atomic E-state index is 0.00929. The van der Waals surface area contributed by atoms with E-state index in [1.165, 1.54) is 29.8 Å². The molecule has 0 spiro atoms. The summed E-state index contributed by atoms with van der Waals surface area (Å²) in [5, 5.41) is 7.29. The van der Waals surface area contributed by atoms with Gasteiger partial charge in [0, 0.05) is 31.0 Å². The van der Waals surface area contributed by atoms with Crippen LogP contribution in [0.25, 0.3) is 11.3 Å². The van der Waals surface area contributed by atoms with Crippen molar-refractivity contribution < 1.29 is 27.6 Å². The molecule has 0 bridgehead atoms. The Morgan fingerprint density at radius 1 is 1.31 bits per heavy atom. The average Bonchev–Trinajstić information content (AvgIpc) is 3.42. The van der Waals surface area contributed by atoms with Crippen LogP contribution in [0.4, 0.5) is 18.9 Å². The Balaban J connectivity index is 1.82. The Bertz CT molecular complexity index is 1420. The van der Waals surface area contributed by atoms with Crippen LogP contribution in [0.2, 0.25) is 5.02 Å². The van der Waals surface area contributed by atoms with E-state index in [1.807, 2.05) is 0 Å². The Morgan fingerprint density at radius 3 is 2.56 bits per heavy atom. The zero-order valence-corrected chi connectivity index (χ0v) is 22.4. The summed E-state index contributed by atoms with van der Waals surface area (Å²) in [4.78, 5) is 35.3. The molecule has 10 nitrogen and oxygen atoms in total. The zero-order chi connectivity index (χ0) is 29.1. The minimum atomic E-state index is -4.75. The summed E-state index contributed by atoms with van der Waals surface area (Å²) in [5.41, 5.74) is 4.19. The molecule has 0 unspecified atom stereocenters. The average molecular weight is 566 g/mol. The van der Waals surface area contributed by atoms with Crippen molar-refractivity contribution in [3.63, 3.8) is 0 Å². The maximum absolute atomic E-state index is 13.6. The fraction of sp³-hybridized carbons (Fsp3) is 0.360. The van der Waals surface area contributed by atoms with Gasteiger partial charge in [-0.05, 0) is 39.0 Å². The highest BCUT2D eigenvalue weighted by Gasteiger charge is 2.38. The monoisotopic (exact) mass is 565 g/mol. The van der Waals surface area contributed by atoms with Crippen molar-refractivity contribution in [1.82, 2.24) is 24.4 Å². The quantitative estimate of drug-likeness (QED) is 0.299. The van der Waals surface area contributed by atoms with Crippen molar-refractivity contribution in [2.24, 2.45) is 12.8 Å². The van der Waals surface area contributed by atoms with Crippen LogP contribution in [0, 0.1) is 12.3 Å². The maximum Gasteiger partial charge on any atom is 0.435 e. The number of aromatic nitrogens is 4. The Kier molecular flexibility index (Phi) is 8.74. The summed E-state index contributed by atoms with van der Waals surface area (Å²) in [5.74, 6) is 0.846. The number of terminal acetylenes is 1. The van der Waals surface area contributed by atoms with Crippen molar-refractivity contribution in [2.75, 3.05) is 18.5 Å². The molecule has 0 aliphatic heterocycles. The summed E-state index contributed by atoms with van der Waals surface area (Å²) in [6, 6.07) is 4.23. The number of carbonyl (C=O) groups excluding carboxylic acids is 2. The van der Waals surface area contributed by atoms with Crippen LogP contribution in [0.3, 0.4) is 0 Å². The lowest BCUT2D eigenvalue weighted by atomic mass is 10.1. The highest BCUT2D eigenvalue weighted by molar-refractivity contribution is 6.34. The molecular weight excluding hydrogens is 539 g/mol. The number of nitrogens with zero attached hydrogens (tertiary/aromatic N) is 5. The molecule has 0 saturated carbocycles. The topological polar surface area (TPSA) is 120 Å². The molecule has 3 aromatic rings. The number of hydrogen-bond acceptors (Lipinski definition) is 6. The fourth-order valence-corrected chi connectivity index (χ4v) is 3.75. The summed E-state index contributed by atoms with van der Waals surface area (Å²) >= 11 is 6.32. The lowest BCUT2D eigenvalue weighted by molar-refractivity contribution is -0.141. The van der Waals surface area contributed by atoms with Gasteiger partial charge in [0.1, 0.15) is 6.54 Å². The van der Waals surface area contributed by atoms with E-state index in [2.05, 4.69) is 21.3 Å². The SMILES string of the molecule is C#CCn1cc(-c2cnc(C(=O)Nc3ccc(C(=O)N(CC)OCC(C)(C)N)c(Cl)c3)n2C)c(C(F)(F)F)n1. The molecule has 208 valence electrons. The van der Waals surface area contributed by atoms with Crippen LogP contribution in [0.15, 0.2) is 30.6 Å². The van der Waals surface area contributed by atoms with Gasteiger partial charge in [-0.2, -0.15) is 18.3 Å². The van der Waals surface area contributed by atoms with E-state index >= 15 is 0 Å². The van der Waals surface area contributed by atoms with E-state index in [-0.39, 0.29) is 53.1 Å². The molecule has 0 aliphatic carbocycles. The van der Waals surface area contributed by atoms with Gasteiger partial charge in [-0.25, -0.2) is 10.0 Å². The lowest BCUT2D eigenvalue weighted by Crippen LogP contribution is -2.42. The molecule has 0 fully saturated rings. The molecular formula is C25H27ClF3N7O3. The first kappa shape index (κ1) is 29.7. The Hall–Kier alpha value is -3.86. The smallest absolute Gasteiger partial charge is 0.324 e. The number of carbonyl (C=O) groups is 2. The van der Waals surface area contributed by atoms with Crippen molar-refractivity contribution in [2.45, 2.75) is 39.0 Å². The number of nitrogens with two attached hydrogens (primary N) is 1. The third-order valence-electron chi connectivity index (χ3n) is 5.31. The predicted octanol–water partition coefficient (Wildman–Crippen LogP) is 3.97. The number of hydroxylamine groups is 2. The second-order valence-corrected chi connectivity index (χ2v) is 9.63. The molecule has 0 saturated heterocycles. The second kappa shape index (κ2) is 11.5. The second-order valence-electron chi connectivity index (χ2n) is 9.23. The highest BCUT2D eigenvalue weighted by Crippen LogP contribution is 2.36. The molecule has 3 rings (SSSR count). The molecule has 0 radical (unpaired) electrons. The Labute approximate surface area is 227 Å². The van der Waals surface area contributed by atoms with E-state index in [9.17, 15) is 22.8 Å². The summed E-state index contributed by atoms with van der Waals surface area (Å²) < 4.78 is 42.9. The molecule has 14 heteroatoms. The molecule has 1 aromatic carbocycles. The molecule has 0 atom stereocenters. The van der Waals surface area contributed by atoms with Gasteiger partial charge in [-0.3, -0.25) is 19.1 Å². The normalized spacial score (nSPS) is 11.8. The van der Waals surface area contributed by atoms with Crippen LogP contribution in [0.1, 0.15) is 47.4 Å². The first-order valence-electron chi connectivity index (χ1n) is 11.6. The maximum atomic E-state index is 13.6. The van der Waals surface area contributed by atoms with E-state index in [4.69, 9.17) is 28.6 Å². The minimum Gasteiger partial charge on any atom is -0.324 e. The fourth-order valence-electron chi connectivity index (χ4n) is 3.49. The van der Waals surface area contributed by atoms with Crippen LogP contribution < -0.4 is 11.1 Å². The van der Waals surface area contributed by atoms with Gasteiger partial charge in [0.2, 0.25) is 0 Å². The molecule has 2 amide bonds. The number of amides is 2. The predicted molar refractivity (Wildman–Crippen MR) is 139 cm³/mol. The molecule has 0 aliphatic rings. The zero-order valence-electron chi connectivity index (χ0n) is 21.6. The van der Waals surface area contributed by atoms with Crippen molar-refractivity contribution >= 4 is 29.1 Å². The third-order valence-corrected chi connectivity index (χ3v) is 5.63. The Morgan fingerprint density at radius 2 is 2.00 bits per heavy atom. The number of imidazole rings is 1. The molecule has 3 N–H and O–H groups in total. The van der Waals surface area contributed by atoms with Gasteiger partial charge in [-0.15, -0.1) is 6.42 Å². The molecule has 39 heavy (non-hydrogen) atoms. The van der Waals surface area contributed by atoms with Gasteiger partial charge in [0.05, 0.1) is 34.6 Å². The number of alkyl halides is 3.